The van der Waals surface area contributed by atoms with Crippen molar-refractivity contribution in [3.63, 3.8) is 0 Å². The number of benzene rings is 1. The predicted octanol–water partition coefficient (Wildman–Crippen LogP) is 0.0790. The van der Waals surface area contributed by atoms with Gasteiger partial charge in [-0.15, -0.1) is 0 Å². The second kappa shape index (κ2) is 3.41. The molecule has 0 atom stereocenters. The van der Waals surface area contributed by atoms with E-state index in [1.54, 1.807) is 32.0 Å². The zero-order chi connectivity index (χ0) is 11.1. The van der Waals surface area contributed by atoms with Gasteiger partial charge in [-0.1, -0.05) is 6.07 Å². The standard InChI is InChI=1S/C10H12N2O2S/c1-7(2)15(13,14)9-5-3-4-8-10(9)12-6-11-8/h3-5,7H,6H2,1-2H3. The molecular weight excluding hydrogens is 212 g/mol. The van der Waals surface area contributed by atoms with Crippen LogP contribution in [0.2, 0.25) is 0 Å². The number of sulfone groups is 1. The highest BCUT2D eigenvalue weighted by Crippen LogP contribution is 2.10. The monoisotopic (exact) mass is 224 g/mol. The van der Waals surface area contributed by atoms with Crippen LogP contribution in [-0.4, -0.2) is 20.3 Å². The molecule has 0 aliphatic carbocycles. The zero-order valence-corrected chi connectivity index (χ0v) is 9.45. The maximum Gasteiger partial charge on any atom is 0.182 e. The Labute approximate surface area is 88.3 Å². The molecule has 1 aromatic rings. The molecule has 0 amide bonds. The van der Waals surface area contributed by atoms with Crippen molar-refractivity contribution >= 4 is 9.84 Å². The SMILES string of the molecule is CC(C)S(=O)(=O)c1cccc2c1=NCN=2. The van der Waals surface area contributed by atoms with E-state index in [1.807, 2.05) is 0 Å². The van der Waals surface area contributed by atoms with Crippen LogP contribution in [0.5, 0.6) is 0 Å². The van der Waals surface area contributed by atoms with Crippen molar-refractivity contribution in [3.8, 4) is 0 Å². The lowest BCUT2D eigenvalue weighted by Gasteiger charge is -2.06. The van der Waals surface area contributed by atoms with Crippen LogP contribution in [-0.2, 0) is 9.84 Å². The van der Waals surface area contributed by atoms with Crippen LogP contribution in [0, 0.1) is 0 Å². The molecule has 1 aliphatic heterocycles. The number of hydrogen-bond acceptors (Lipinski definition) is 4. The fourth-order valence-electron chi connectivity index (χ4n) is 1.46. The smallest absolute Gasteiger partial charge is 0.182 e. The number of para-hydroxylation sites is 1. The predicted molar refractivity (Wildman–Crippen MR) is 55.9 cm³/mol. The average Bonchev–Trinajstić information content (AvgIpc) is 2.64. The Morgan fingerprint density at radius 1 is 1.27 bits per heavy atom. The van der Waals surface area contributed by atoms with E-state index >= 15 is 0 Å². The molecule has 1 aliphatic rings. The van der Waals surface area contributed by atoms with Crippen molar-refractivity contribution in [2.45, 2.75) is 24.0 Å². The lowest BCUT2D eigenvalue weighted by Crippen LogP contribution is -2.30. The first-order valence-corrected chi connectivity index (χ1v) is 6.30. The topological polar surface area (TPSA) is 58.9 Å². The molecule has 0 unspecified atom stereocenters. The largest absolute Gasteiger partial charge is 0.260 e. The van der Waals surface area contributed by atoms with E-state index in [4.69, 9.17) is 0 Å². The van der Waals surface area contributed by atoms with E-state index in [1.165, 1.54) is 0 Å². The van der Waals surface area contributed by atoms with Crippen molar-refractivity contribution in [3.05, 3.63) is 28.9 Å². The molecule has 0 saturated carbocycles. The molecule has 0 spiro atoms. The quantitative estimate of drug-likeness (QED) is 0.714. The summed E-state index contributed by atoms with van der Waals surface area (Å²) in [5.74, 6) is 0. The van der Waals surface area contributed by atoms with E-state index in [2.05, 4.69) is 9.98 Å². The summed E-state index contributed by atoms with van der Waals surface area (Å²) in [6, 6.07) is 5.09. The average molecular weight is 224 g/mol. The van der Waals surface area contributed by atoms with Crippen molar-refractivity contribution in [2.24, 2.45) is 9.98 Å². The fraction of sp³-hybridized carbons (Fsp3) is 0.400. The van der Waals surface area contributed by atoms with Crippen molar-refractivity contribution in [1.29, 1.82) is 0 Å². The third-order valence-corrected chi connectivity index (χ3v) is 4.56. The summed E-state index contributed by atoms with van der Waals surface area (Å²) >= 11 is 0. The molecule has 80 valence electrons. The summed E-state index contributed by atoms with van der Waals surface area (Å²) in [6.45, 7) is 3.67. The molecule has 0 N–H and O–H groups in total. The minimum atomic E-state index is -3.26. The first kappa shape index (κ1) is 10.3. The van der Waals surface area contributed by atoms with Gasteiger partial charge in [-0.2, -0.15) is 0 Å². The van der Waals surface area contributed by atoms with Crippen LogP contribution in [0.15, 0.2) is 33.1 Å². The molecule has 1 aromatic carbocycles. The highest BCUT2D eigenvalue weighted by molar-refractivity contribution is 7.92. The Morgan fingerprint density at radius 3 is 2.67 bits per heavy atom. The van der Waals surface area contributed by atoms with E-state index in [0.29, 0.717) is 22.3 Å². The Morgan fingerprint density at radius 2 is 2.00 bits per heavy atom. The summed E-state index contributed by atoms with van der Waals surface area (Å²) in [4.78, 5) is 8.51. The zero-order valence-electron chi connectivity index (χ0n) is 8.64. The summed E-state index contributed by atoms with van der Waals surface area (Å²) in [5, 5.41) is 0.766. The molecule has 1 heterocycles. The van der Waals surface area contributed by atoms with Gasteiger partial charge < -0.3 is 0 Å². The van der Waals surface area contributed by atoms with Crippen LogP contribution in [0.1, 0.15) is 13.8 Å². The van der Waals surface area contributed by atoms with Crippen molar-refractivity contribution < 1.29 is 8.42 Å². The fourth-order valence-corrected chi connectivity index (χ4v) is 2.68. The van der Waals surface area contributed by atoms with E-state index in [-0.39, 0.29) is 0 Å². The maximum absolute atomic E-state index is 12.0. The number of nitrogens with zero attached hydrogens (tertiary/aromatic N) is 2. The van der Waals surface area contributed by atoms with Crippen LogP contribution >= 0.6 is 0 Å². The van der Waals surface area contributed by atoms with Gasteiger partial charge in [-0.25, -0.2) is 8.42 Å². The highest BCUT2D eigenvalue weighted by atomic mass is 32.2. The second-order valence-corrected chi connectivity index (χ2v) is 6.15. The molecule has 0 saturated heterocycles. The molecule has 0 radical (unpaired) electrons. The maximum atomic E-state index is 12.0. The van der Waals surface area contributed by atoms with Gasteiger partial charge in [0.25, 0.3) is 0 Å². The Hall–Kier alpha value is -1.23. The molecule has 0 fully saturated rings. The third kappa shape index (κ3) is 1.56. The van der Waals surface area contributed by atoms with Crippen molar-refractivity contribution in [1.82, 2.24) is 0 Å². The van der Waals surface area contributed by atoms with Crippen LogP contribution in [0.25, 0.3) is 0 Å². The molecule has 4 nitrogen and oxygen atoms in total. The van der Waals surface area contributed by atoms with Gasteiger partial charge >= 0.3 is 0 Å². The summed E-state index contributed by atoms with van der Waals surface area (Å²) in [6.07, 6.45) is 0. The van der Waals surface area contributed by atoms with E-state index in [0.717, 1.165) is 0 Å². The van der Waals surface area contributed by atoms with Gasteiger partial charge in [0.2, 0.25) is 0 Å². The molecule has 2 rings (SSSR count). The highest BCUT2D eigenvalue weighted by Gasteiger charge is 2.22. The minimum absolute atomic E-state index is 0.302. The van der Waals surface area contributed by atoms with Gasteiger partial charge in [-0.05, 0) is 26.0 Å². The molecular formula is C10H12N2O2S. The van der Waals surface area contributed by atoms with Gasteiger partial charge in [0.1, 0.15) is 12.0 Å². The third-order valence-electron chi connectivity index (χ3n) is 2.37. The van der Waals surface area contributed by atoms with Gasteiger partial charge in [0, 0.05) is 0 Å². The van der Waals surface area contributed by atoms with Crippen LogP contribution in [0.4, 0.5) is 0 Å². The van der Waals surface area contributed by atoms with Crippen LogP contribution in [0.3, 0.4) is 0 Å². The lowest BCUT2D eigenvalue weighted by atomic mass is 10.3. The van der Waals surface area contributed by atoms with E-state index in [9.17, 15) is 8.42 Å². The summed E-state index contributed by atoms with van der Waals surface area (Å²) in [5.41, 5.74) is 0. The lowest BCUT2D eigenvalue weighted by molar-refractivity contribution is 0.586. The normalized spacial score (nSPS) is 14.6. The van der Waals surface area contributed by atoms with Gasteiger partial charge in [0.15, 0.2) is 9.84 Å². The second-order valence-electron chi connectivity index (χ2n) is 3.68. The number of hydrogen-bond donors (Lipinski definition) is 0. The Balaban J connectivity index is 2.79. The molecule has 5 heteroatoms. The first-order chi connectivity index (χ1) is 7.03. The molecule has 15 heavy (non-hydrogen) atoms. The minimum Gasteiger partial charge on any atom is -0.260 e. The Bertz CT molecular complexity index is 603. The van der Waals surface area contributed by atoms with Gasteiger partial charge in [0.05, 0.1) is 15.5 Å². The first-order valence-electron chi connectivity index (χ1n) is 4.75. The number of rotatable bonds is 2. The van der Waals surface area contributed by atoms with Crippen molar-refractivity contribution in [2.75, 3.05) is 6.67 Å². The Kier molecular flexibility index (Phi) is 2.34. The molecule has 0 bridgehead atoms. The summed E-state index contributed by atoms with van der Waals surface area (Å²) in [7, 11) is -3.26. The van der Waals surface area contributed by atoms with E-state index < -0.39 is 15.1 Å². The summed E-state index contributed by atoms with van der Waals surface area (Å²) < 4.78 is 24.0. The van der Waals surface area contributed by atoms with Crippen LogP contribution < -0.4 is 10.7 Å². The van der Waals surface area contributed by atoms with Gasteiger partial charge in [-0.3, -0.25) is 9.98 Å². The number of fused-ring (bicyclic) bond motifs is 1. The molecule has 0 aromatic heterocycles.